The first kappa shape index (κ1) is 18.7. The van der Waals surface area contributed by atoms with E-state index in [4.69, 9.17) is 9.15 Å². The maximum absolute atomic E-state index is 12.2. The first-order valence-electron chi connectivity index (χ1n) is 8.06. The van der Waals surface area contributed by atoms with Gasteiger partial charge in [-0.3, -0.25) is 9.59 Å². The van der Waals surface area contributed by atoms with Crippen LogP contribution in [0.4, 0.5) is 5.69 Å². The second kappa shape index (κ2) is 8.07. The minimum Gasteiger partial charge on any atom is -0.495 e. The Balaban J connectivity index is 1.70. The van der Waals surface area contributed by atoms with E-state index in [1.165, 1.54) is 24.7 Å². The Morgan fingerprint density at radius 2 is 2.00 bits per heavy atom. The van der Waals surface area contributed by atoms with Crippen LogP contribution in [0.1, 0.15) is 11.3 Å². The number of anilines is 1. The molecule has 7 nitrogen and oxygen atoms in total. The van der Waals surface area contributed by atoms with E-state index in [0.717, 1.165) is 0 Å². The molecule has 0 saturated heterocycles. The molecular formula is C19H18N2O5S. The van der Waals surface area contributed by atoms with Gasteiger partial charge in [0.05, 0.1) is 25.6 Å². The molecule has 2 heterocycles. The summed E-state index contributed by atoms with van der Waals surface area (Å²) in [5.41, 5.74) is -0.642. The second-order valence-corrected chi connectivity index (χ2v) is 6.47. The lowest BCUT2D eigenvalue weighted by Crippen LogP contribution is -2.45. The van der Waals surface area contributed by atoms with Gasteiger partial charge in [0, 0.05) is 5.56 Å². The molecule has 0 saturated carbocycles. The Morgan fingerprint density at radius 3 is 2.67 bits per heavy atom. The van der Waals surface area contributed by atoms with Crippen LogP contribution in [0.3, 0.4) is 0 Å². The molecule has 3 N–H and O–H groups in total. The Bertz CT molecular complexity index is 872. The van der Waals surface area contributed by atoms with Gasteiger partial charge in [-0.25, -0.2) is 0 Å². The third kappa shape index (κ3) is 4.02. The van der Waals surface area contributed by atoms with E-state index in [0.29, 0.717) is 17.0 Å². The van der Waals surface area contributed by atoms with Crippen molar-refractivity contribution >= 4 is 28.8 Å². The monoisotopic (exact) mass is 386 g/mol. The largest absolute Gasteiger partial charge is 0.495 e. The number of hydrogen-bond acceptors (Lipinski definition) is 6. The van der Waals surface area contributed by atoms with E-state index in [1.54, 1.807) is 53.2 Å². The van der Waals surface area contributed by atoms with E-state index < -0.39 is 17.4 Å². The number of methoxy groups -OCH3 is 1. The molecule has 3 aromatic rings. The maximum Gasteiger partial charge on any atom is 0.313 e. The average molecular weight is 386 g/mol. The third-order valence-corrected chi connectivity index (χ3v) is 4.68. The molecule has 0 bridgehead atoms. The van der Waals surface area contributed by atoms with Crippen LogP contribution >= 0.6 is 11.3 Å². The highest BCUT2D eigenvalue weighted by molar-refractivity contribution is 7.08. The van der Waals surface area contributed by atoms with Crippen molar-refractivity contribution in [2.45, 2.75) is 5.60 Å². The van der Waals surface area contributed by atoms with E-state index in [1.807, 2.05) is 0 Å². The smallest absolute Gasteiger partial charge is 0.313 e. The molecule has 1 atom stereocenters. The minimum absolute atomic E-state index is 0.227. The zero-order chi connectivity index (χ0) is 19.3. The number of benzene rings is 1. The van der Waals surface area contributed by atoms with E-state index in [-0.39, 0.29) is 12.3 Å². The van der Waals surface area contributed by atoms with E-state index >= 15 is 0 Å². The number of furan rings is 1. The van der Waals surface area contributed by atoms with Gasteiger partial charge >= 0.3 is 11.8 Å². The van der Waals surface area contributed by atoms with Crippen molar-refractivity contribution in [3.8, 4) is 5.75 Å². The molecule has 0 aliphatic rings. The number of amides is 2. The molecule has 140 valence electrons. The van der Waals surface area contributed by atoms with Gasteiger partial charge in [-0.1, -0.05) is 12.1 Å². The van der Waals surface area contributed by atoms with Crippen LogP contribution in [0.15, 0.2) is 63.9 Å². The summed E-state index contributed by atoms with van der Waals surface area (Å²) < 4.78 is 10.5. The molecule has 0 aliphatic heterocycles. The van der Waals surface area contributed by atoms with Crippen LogP contribution in [0, 0.1) is 0 Å². The summed E-state index contributed by atoms with van der Waals surface area (Å²) in [5.74, 6) is -1.05. The summed E-state index contributed by atoms with van der Waals surface area (Å²) in [6, 6.07) is 11.7. The number of carbonyl (C=O) groups is 2. The van der Waals surface area contributed by atoms with E-state index in [9.17, 15) is 14.7 Å². The number of nitrogens with one attached hydrogen (secondary N) is 2. The summed E-state index contributed by atoms with van der Waals surface area (Å²) in [7, 11) is 1.47. The zero-order valence-electron chi connectivity index (χ0n) is 14.5. The number of rotatable bonds is 6. The van der Waals surface area contributed by atoms with Crippen LogP contribution < -0.4 is 15.4 Å². The average Bonchev–Trinajstić information content (AvgIpc) is 3.40. The quantitative estimate of drug-likeness (QED) is 0.565. The van der Waals surface area contributed by atoms with Gasteiger partial charge in [0.2, 0.25) is 0 Å². The normalized spacial score (nSPS) is 12.8. The predicted octanol–water partition coefficient (Wildman–Crippen LogP) is 2.34. The highest BCUT2D eigenvalue weighted by atomic mass is 32.1. The molecule has 27 heavy (non-hydrogen) atoms. The summed E-state index contributed by atoms with van der Waals surface area (Å²) in [4.78, 5) is 24.4. The van der Waals surface area contributed by atoms with Gasteiger partial charge in [0.15, 0.2) is 5.60 Å². The first-order valence-corrected chi connectivity index (χ1v) is 9.00. The summed E-state index contributed by atoms with van der Waals surface area (Å²) in [6.07, 6.45) is 1.43. The molecule has 0 aliphatic carbocycles. The molecule has 0 unspecified atom stereocenters. The van der Waals surface area contributed by atoms with Gasteiger partial charge in [0.1, 0.15) is 11.5 Å². The fourth-order valence-electron chi connectivity index (χ4n) is 2.56. The van der Waals surface area contributed by atoms with Gasteiger partial charge < -0.3 is 24.9 Å². The molecule has 0 fully saturated rings. The number of hydrogen-bond donors (Lipinski definition) is 3. The molecule has 2 aromatic heterocycles. The van der Waals surface area contributed by atoms with Crippen molar-refractivity contribution in [1.82, 2.24) is 5.32 Å². The summed E-state index contributed by atoms with van der Waals surface area (Å²) in [6.45, 7) is -0.227. The van der Waals surface area contributed by atoms with Gasteiger partial charge in [-0.05, 0) is 41.1 Å². The number of aliphatic hydroxyl groups is 1. The Kier molecular flexibility index (Phi) is 5.58. The number of ether oxygens (including phenoxy) is 1. The molecule has 3 rings (SSSR count). The SMILES string of the molecule is COc1ccccc1NC(=O)C(=O)NC[C@](O)(c1ccsc1)c1ccco1. The van der Waals surface area contributed by atoms with Crippen LogP contribution in [0.2, 0.25) is 0 Å². The first-order chi connectivity index (χ1) is 13.0. The van der Waals surface area contributed by atoms with Crippen LogP contribution in [0.25, 0.3) is 0 Å². The van der Waals surface area contributed by atoms with Crippen molar-refractivity contribution in [2.75, 3.05) is 19.0 Å². The van der Waals surface area contributed by atoms with Crippen LogP contribution in [0.5, 0.6) is 5.75 Å². The number of para-hydroxylation sites is 2. The standard InChI is InChI=1S/C19H18N2O5S/c1-25-15-6-3-2-5-14(15)21-18(23)17(22)20-12-19(24,13-8-10-27-11-13)16-7-4-9-26-16/h2-11,24H,12H2,1H3,(H,20,22)(H,21,23)/t19-/m0/s1. The van der Waals surface area contributed by atoms with Crippen LogP contribution in [-0.4, -0.2) is 30.6 Å². The molecule has 8 heteroatoms. The van der Waals surface area contributed by atoms with Gasteiger partial charge in [-0.2, -0.15) is 11.3 Å². The highest BCUT2D eigenvalue weighted by Gasteiger charge is 2.36. The number of carbonyl (C=O) groups excluding carboxylic acids is 2. The molecule has 0 radical (unpaired) electrons. The molecule has 1 aromatic carbocycles. The fourth-order valence-corrected chi connectivity index (χ4v) is 3.28. The third-order valence-electron chi connectivity index (χ3n) is 3.99. The topological polar surface area (TPSA) is 101 Å². The fraction of sp³-hybridized carbons (Fsp3) is 0.158. The van der Waals surface area contributed by atoms with Crippen molar-refractivity contribution < 1.29 is 23.8 Å². The molecule has 0 spiro atoms. The number of thiophene rings is 1. The Morgan fingerprint density at radius 1 is 1.19 bits per heavy atom. The lowest BCUT2D eigenvalue weighted by atomic mass is 9.93. The lowest BCUT2D eigenvalue weighted by Gasteiger charge is -2.25. The second-order valence-electron chi connectivity index (χ2n) is 5.69. The minimum atomic E-state index is -1.58. The van der Waals surface area contributed by atoms with Gasteiger partial charge in [-0.15, -0.1) is 0 Å². The predicted molar refractivity (Wildman–Crippen MR) is 101 cm³/mol. The van der Waals surface area contributed by atoms with Crippen molar-refractivity contribution in [2.24, 2.45) is 0 Å². The van der Waals surface area contributed by atoms with Crippen molar-refractivity contribution in [1.29, 1.82) is 0 Å². The summed E-state index contributed by atoms with van der Waals surface area (Å²) >= 11 is 1.40. The Labute approximate surface area is 159 Å². The Hall–Kier alpha value is -3.10. The van der Waals surface area contributed by atoms with Gasteiger partial charge in [0.25, 0.3) is 0 Å². The molecule has 2 amide bonds. The van der Waals surface area contributed by atoms with E-state index in [2.05, 4.69) is 10.6 Å². The zero-order valence-corrected chi connectivity index (χ0v) is 15.3. The highest BCUT2D eigenvalue weighted by Crippen LogP contribution is 2.31. The van der Waals surface area contributed by atoms with Crippen LogP contribution in [-0.2, 0) is 15.2 Å². The summed E-state index contributed by atoms with van der Waals surface area (Å²) in [5, 5.41) is 19.6. The van der Waals surface area contributed by atoms with Crippen molar-refractivity contribution in [3.63, 3.8) is 0 Å². The maximum atomic E-state index is 12.2. The molecular weight excluding hydrogens is 368 g/mol. The van der Waals surface area contributed by atoms with Crippen molar-refractivity contribution in [3.05, 3.63) is 70.8 Å². The lowest BCUT2D eigenvalue weighted by molar-refractivity contribution is -0.136.